The molecule has 54 valence electrons. The van der Waals surface area contributed by atoms with E-state index in [1.165, 1.54) is 15.2 Å². The van der Waals surface area contributed by atoms with Crippen LogP contribution in [0.15, 0.2) is 40.9 Å². The molecule has 2 aromatic carbocycles. The van der Waals surface area contributed by atoms with E-state index >= 15 is 0 Å². The summed E-state index contributed by atoms with van der Waals surface area (Å²) < 4.78 is 1.18. The summed E-state index contributed by atoms with van der Waals surface area (Å²) in [5.41, 5.74) is 0. The van der Waals surface area contributed by atoms with Crippen molar-refractivity contribution in [3.05, 3.63) is 40.9 Å². The van der Waals surface area contributed by atoms with E-state index in [4.69, 9.17) is 0 Å². The molecule has 0 atom stereocenters. The van der Waals surface area contributed by atoms with E-state index < -0.39 is 0 Å². The van der Waals surface area contributed by atoms with Crippen LogP contribution in [-0.4, -0.2) is 0 Å². The van der Waals surface area contributed by atoms with Crippen molar-refractivity contribution in [3.8, 4) is 0 Å². The molecule has 0 radical (unpaired) electrons. The maximum Gasteiger partial charge on any atom is 0 e. The first-order chi connectivity index (χ1) is 4.88. The van der Waals surface area contributed by atoms with Crippen LogP contribution >= 0.6 is 15.9 Å². The molecule has 0 bridgehead atoms. The third-order valence-electron chi connectivity index (χ3n) is 1.63. The van der Waals surface area contributed by atoms with Crippen LogP contribution in [0.2, 0.25) is 0 Å². The zero-order valence-corrected chi connectivity index (χ0v) is 9.89. The maximum absolute atomic E-state index is 3.48. The van der Waals surface area contributed by atoms with E-state index in [9.17, 15) is 0 Å². The van der Waals surface area contributed by atoms with Crippen LogP contribution in [0.5, 0.6) is 0 Å². The second kappa shape index (κ2) is 3.73. The van der Waals surface area contributed by atoms with Gasteiger partial charge in [0.25, 0.3) is 0 Å². The summed E-state index contributed by atoms with van der Waals surface area (Å²) in [6.45, 7) is 0. The van der Waals surface area contributed by atoms with E-state index in [-0.39, 0.29) is 26.2 Å². The number of benzene rings is 1. The molecule has 0 saturated heterocycles. The summed E-state index contributed by atoms with van der Waals surface area (Å²) in [6.07, 6.45) is 0. The molecule has 0 N–H and O–H groups in total. The summed E-state index contributed by atoms with van der Waals surface area (Å²) in [4.78, 5) is 0. The fourth-order valence-electron chi connectivity index (χ4n) is 1.12. The van der Waals surface area contributed by atoms with Gasteiger partial charge >= 0.3 is 0 Å². The van der Waals surface area contributed by atoms with E-state index in [2.05, 4.69) is 46.3 Å². The van der Waals surface area contributed by atoms with Gasteiger partial charge in [-0.3, -0.25) is 0 Å². The van der Waals surface area contributed by atoms with Crippen LogP contribution in [0.1, 0.15) is 0 Å². The SMILES string of the molecule is Brc1cccc2[cH-]ccc12.[Zr]. The van der Waals surface area contributed by atoms with Crippen molar-refractivity contribution in [2.75, 3.05) is 0 Å². The molecule has 0 fully saturated rings. The predicted molar refractivity (Wildman–Crippen MR) is 47.2 cm³/mol. The topological polar surface area (TPSA) is 0 Å². The smallest absolute Gasteiger partial charge is 0 e. The third kappa shape index (κ3) is 1.68. The number of halogens is 1. The van der Waals surface area contributed by atoms with E-state index in [1.807, 2.05) is 6.07 Å². The summed E-state index contributed by atoms with van der Waals surface area (Å²) >= 11 is 3.48. The van der Waals surface area contributed by atoms with Crippen molar-refractivity contribution >= 4 is 26.7 Å². The zero-order valence-electron chi connectivity index (χ0n) is 5.84. The first kappa shape index (κ1) is 9.28. The van der Waals surface area contributed by atoms with Crippen LogP contribution in [0.4, 0.5) is 0 Å². The minimum absolute atomic E-state index is 0. The molecule has 0 nitrogen and oxygen atoms in total. The fraction of sp³-hybridized carbons (Fsp3) is 0. The molecule has 0 amide bonds. The summed E-state index contributed by atoms with van der Waals surface area (Å²) in [5, 5.41) is 2.59. The monoisotopic (exact) mass is 283 g/mol. The number of rotatable bonds is 0. The first-order valence-electron chi connectivity index (χ1n) is 3.18. The van der Waals surface area contributed by atoms with Gasteiger partial charge in [-0.25, -0.2) is 0 Å². The minimum Gasteiger partial charge on any atom is -0.167 e. The molecular weight excluding hydrogens is 279 g/mol. The molecule has 0 aliphatic rings. The van der Waals surface area contributed by atoms with Crippen molar-refractivity contribution < 1.29 is 26.2 Å². The van der Waals surface area contributed by atoms with Crippen LogP contribution in [-0.2, 0) is 26.2 Å². The predicted octanol–water partition coefficient (Wildman–Crippen LogP) is 3.32. The number of hydrogen-bond donors (Lipinski definition) is 0. The summed E-state index contributed by atoms with van der Waals surface area (Å²) in [7, 11) is 0. The van der Waals surface area contributed by atoms with Gasteiger partial charge in [-0.2, -0.15) is 12.1 Å². The molecular formula is C9H6BrZr-. The standard InChI is InChI=1S/C9H6Br.Zr/c10-9-6-2-4-7-3-1-5-8(7)9;/h1-6H;/q-1;. The first-order valence-corrected chi connectivity index (χ1v) is 3.97. The quantitative estimate of drug-likeness (QED) is 0.651. The van der Waals surface area contributed by atoms with Crippen molar-refractivity contribution in [1.29, 1.82) is 0 Å². The Morgan fingerprint density at radius 2 is 2.00 bits per heavy atom. The van der Waals surface area contributed by atoms with E-state index in [1.54, 1.807) is 0 Å². The van der Waals surface area contributed by atoms with E-state index in [0.29, 0.717) is 0 Å². The Labute approximate surface area is 93.2 Å². The normalized spacial score (nSPS) is 9.55. The Hall–Kier alpha value is 0.193. The average Bonchev–Trinajstić information content (AvgIpc) is 2.36. The molecule has 0 saturated carbocycles. The van der Waals surface area contributed by atoms with Gasteiger partial charge in [0.05, 0.1) is 0 Å². The zero-order chi connectivity index (χ0) is 6.97. The maximum atomic E-state index is 3.48. The molecule has 0 spiro atoms. The Kier molecular flexibility index (Phi) is 3.15. The minimum atomic E-state index is 0. The van der Waals surface area contributed by atoms with Crippen molar-refractivity contribution in [2.45, 2.75) is 0 Å². The molecule has 0 aromatic heterocycles. The molecule has 0 aliphatic carbocycles. The number of fused-ring (bicyclic) bond motifs is 1. The van der Waals surface area contributed by atoms with Gasteiger partial charge in [-0.15, -0.1) is 29.0 Å². The van der Waals surface area contributed by atoms with E-state index in [0.717, 1.165) is 0 Å². The van der Waals surface area contributed by atoms with Crippen LogP contribution in [0.3, 0.4) is 0 Å². The Bertz CT molecular complexity index is 351. The molecule has 2 heteroatoms. The molecule has 0 aliphatic heterocycles. The Morgan fingerprint density at radius 3 is 2.73 bits per heavy atom. The van der Waals surface area contributed by atoms with Crippen molar-refractivity contribution in [1.82, 2.24) is 0 Å². The van der Waals surface area contributed by atoms with Gasteiger partial charge < -0.3 is 0 Å². The summed E-state index contributed by atoms with van der Waals surface area (Å²) in [5.74, 6) is 0. The fourth-order valence-corrected chi connectivity index (χ4v) is 1.64. The second-order valence-corrected chi connectivity index (χ2v) is 3.12. The van der Waals surface area contributed by atoms with Crippen molar-refractivity contribution in [2.24, 2.45) is 0 Å². The van der Waals surface area contributed by atoms with Crippen LogP contribution < -0.4 is 0 Å². The summed E-state index contributed by atoms with van der Waals surface area (Å²) in [6, 6.07) is 12.5. The average molecular weight is 285 g/mol. The number of hydrogen-bond acceptors (Lipinski definition) is 0. The van der Waals surface area contributed by atoms with Crippen LogP contribution in [0, 0.1) is 0 Å². The molecule has 11 heavy (non-hydrogen) atoms. The third-order valence-corrected chi connectivity index (χ3v) is 2.32. The Morgan fingerprint density at radius 1 is 1.18 bits per heavy atom. The van der Waals surface area contributed by atoms with Gasteiger partial charge in [-0.1, -0.05) is 22.0 Å². The molecule has 0 heterocycles. The molecule has 0 unspecified atom stereocenters. The molecule has 2 rings (SSSR count). The van der Waals surface area contributed by atoms with Gasteiger partial charge in [0.1, 0.15) is 0 Å². The van der Waals surface area contributed by atoms with Crippen LogP contribution in [0.25, 0.3) is 10.8 Å². The van der Waals surface area contributed by atoms with Gasteiger partial charge in [0.15, 0.2) is 0 Å². The Balaban J connectivity index is 0.000000605. The molecule has 2 aromatic rings. The second-order valence-electron chi connectivity index (χ2n) is 2.27. The van der Waals surface area contributed by atoms with Gasteiger partial charge in [0, 0.05) is 26.2 Å². The van der Waals surface area contributed by atoms with Gasteiger partial charge in [-0.05, 0) is 4.47 Å². The van der Waals surface area contributed by atoms with Gasteiger partial charge in [0.2, 0.25) is 0 Å². The largest absolute Gasteiger partial charge is 0.167 e. The van der Waals surface area contributed by atoms with Crippen molar-refractivity contribution in [3.63, 3.8) is 0 Å².